The van der Waals surface area contributed by atoms with E-state index in [4.69, 9.17) is 5.11 Å². The molecule has 1 amide bonds. The first kappa shape index (κ1) is 20.3. The molecule has 0 aliphatic carbocycles. The second kappa shape index (κ2) is 8.31. The van der Waals surface area contributed by atoms with Crippen molar-refractivity contribution in [2.24, 2.45) is 0 Å². The Kier molecular flexibility index (Phi) is 5.82. The molecule has 2 aromatic rings. The summed E-state index contributed by atoms with van der Waals surface area (Å²) in [7, 11) is 0. The average Bonchev–Trinajstić information content (AvgIpc) is 2.93. The molecule has 1 atom stereocenters. The number of aliphatic carboxylic acids is 1. The van der Waals surface area contributed by atoms with Crippen LogP contribution in [0.2, 0.25) is 0 Å². The SMILES string of the molecule is Cc1ccc(/C(O)=C2\C(=O)C(=O)N(CCCC(=O)O)C2c2ccc(C)cc2)cc1. The molecule has 1 fully saturated rings. The van der Waals surface area contributed by atoms with Crippen molar-refractivity contribution in [1.82, 2.24) is 4.90 Å². The van der Waals surface area contributed by atoms with Crippen LogP contribution in [0.1, 0.15) is 41.1 Å². The highest BCUT2D eigenvalue weighted by Crippen LogP contribution is 2.39. The highest BCUT2D eigenvalue weighted by Gasteiger charge is 2.45. The van der Waals surface area contributed by atoms with Gasteiger partial charge in [-0.15, -0.1) is 0 Å². The van der Waals surface area contributed by atoms with Gasteiger partial charge in [0.2, 0.25) is 0 Å². The highest BCUT2D eigenvalue weighted by atomic mass is 16.4. The predicted octanol–water partition coefficient (Wildman–Crippen LogP) is 3.59. The van der Waals surface area contributed by atoms with E-state index in [1.807, 2.05) is 50.2 Å². The Hall–Kier alpha value is -3.41. The van der Waals surface area contributed by atoms with Gasteiger partial charge in [-0.05, 0) is 25.8 Å². The lowest BCUT2D eigenvalue weighted by Crippen LogP contribution is -2.31. The zero-order valence-electron chi connectivity index (χ0n) is 16.4. The van der Waals surface area contributed by atoms with Crippen molar-refractivity contribution >= 4 is 23.4 Å². The fraction of sp³-hybridized carbons (Fsp3) is 0.261. The van der Waals surface area contributed by atoms with E-state index in [0.29, 0.717) is 11.1 Å². The minimum Gasteiger partial charge on any atom is -0.507 e. The fourth-order valence-corrected chi connectivity index (χ4v) is 3.47. The summed E-state index contributed by atoms with van der Waals surface area (Å²) in [5.74, 6) is -2.68. The van der Waals surface area contributed by atoms with Gasteiger partial charge in [0.1, 0.15) is 5.76 Å². The average molecular weight is 393 g/mol. The molecule has 1 aliphatic heterocycles. The van der Waals surface area contributed by atoms with E-state index in [9.17, 15) is 19.5 Å². The highest BCUT2D eigenvalue weighted by molar-refractivity contribution is 6.46. The van der Waals surface area contributed by atoms with Crippen molar-refractivity contribution in [3.05, 3.63) is 76.4 Å². The Morgan fingerprint density at radius 1 is 0.931 bits per heavy atom. The summed E-state index contributed by atoms with van der Waals surface area (Å²) in [5.41, 5.74) is 3.20. The Balaban J connectivity index is 2.08. The number of aliphatic hydroxyl groups is 1. The normalized spacial score (nSPS) is 18.3. The molecule has 6 nitrogen and oxygen atoms in total. The van der Waals surface area contributed by atoms with Crippen LogP contribution in [0.4, 0.5) is 0 Å². The third kappa shape index (κ3) is 4.21. The molecular formula is C23H23NO5. The lowest BCUT2D eigenvalue weighted by Gasteiger charge is -2.25. The molecule has 0 aromatic heterocycles. The maximum Gasteiger partial charge on any atom is 0.303 e. The molecule has 1 unspecified atom stereocenters. The molecule has 0 radical (unpaired) electrons. The van der Waals surface area contributed by atoms with Crippen LogP contribution >= 0.6 is 0 Å². The van der Waals surface area contributed by atoms with Crippen molar-refractivity contribution in [2.45, 2.75) is 32.7 Å². The number of hydrogen-bond acceptors (Lipinski definition) is 4. The number of aryl methyl sites for hydroxylation is 2. The van der Waals surface area contributed by atoms with E-state index in [0.717, 1.165) is 11.1 Å². The van der Waals surface area contributed by atoms with E-state index >= 15 is 0 Å². The van der Waals surface area contributed by atoms with Crippen molar-refractivity contribution in [3.8, 4) is 0 Å². The first-order valence-electron chi connectivity index (χ1n) is 9.43. The molecule has 0 bridgehead atoms. The van der Waals surface area contributed by atoms with Gasteiger partial charge in [0.25, 0.3) is 11.7 Å². The number of Topliss-reactive ketones (excluding diaryl/α,β-unsaturated/α-hetero) is 1. The number of likely N-dealkylation sites (tertiary alicyclic amines) is 1. The third-order valence-electron chi connectivity index (χ3n) is 5.05. The van der Waals surface area contributed by atoms with Crippen LogP contribution in [-0.4, -0.2) is 39.3 Å². The van der Waals surface area contributed by atoms with Gasteiger partial charge in [0.05, 0.1) is 11.6 Å². The molecule has 2 N–H and O–H groups in total. The largest absolute Gasteiger partial charge is 0.507 e. The van der Waals surface area contributed by atoms with Crippen LogP contribution in [0.5, 0.6) is 0 Å². The van der Waals surface area contributed by atoms with Gasteiger partial charge in [-0.1, -0.05) is 59.7 Å². The van der Waals surface area contributed by atoms with Crippen LogP contribution < -0.4 is 0 Å². The Morgan fingerprint density at radius 3 is 2.03 bits per heavy atom. The summed E-state index contributed by atoms with van der Waals surface area (Å²) < 4.78 is 0. The van der Waals surface area contributed by atoms with E-state index in [1.54, 1.807) is 12.1 Å². The molecule has 0 spiro atoms. The summed E-state index contributed by atoms with van der Waals surface area (Å²) >= 11 is 0. The maximum absolute atomic E-state index is 12.8. The summed E-state index contributed by atoms with van der Waals surface area (Å²) in [5, 5.41) is 19.8. The number of rotatable bonds is 6. The van der Waals surface area contributed by atoms with Crippen LogP contribution in [0.15, 0.2) is 54.1 Å². The molecule has 0 saturated carbocycles. The first-order chi connectivity index (χ1) is 13.8. The van der Waals surface area contributed by atoms with Gasteiger partial charge >= 0.3 is 5.97 Å². The summed E-state index contributed by atoms with van der Waals surface area (Å²) in [4.78, 5) is 37.8. The summed E-state index contributed by atoms with van der Waals surface area (Å²) in [6.07, 6.45) is 0.108. The number of carbonyl (C=O) groups excluding carboxylic acids is 2. The number of benzene rings is 2. The Labute approximate surface area is 169 Å². The summed E-state index contributed by atoms with van der Waals surface area (Å²) in [6.45, 7) is 3.96. The van der Waals surface area contributed by atoms with Crippen LogP contribution in [0.3, 0.4) is 0 Å². The van der Waals surface area contributed by atoms with Gasteiger partial charge in [0, 0.05) is 18.5 Å². The Morgan fingerprint density at radius 2 is 1.48 bits per heavy atom. The van der Waals surface area contributed by atoms with Crippen LogP contribution in [-0.2, 0) is 14.4 Å². The maximum atomic E-state index is 12.8. The van der Waals surface area contributed by atoms with Gasteiger partial charge in [-0.2, -0.15) is 0 Å². The topological polar surface area (TPSA) is 94.9 Å². The molecule has 3 rings (SSSR count). The van der Waals surface area contributed by atoms with E-state index in [-0.39, 0.29) is 30.7 Å². The van der Waals surface area contributed by atoms with Crippen LogP contribution in [0, 0.1) is 13.8 Å². The molecular weight excluding hydrogens is 370 g/mol. The lowest BCUT2D eigenvalue weighted by molar-refractivity contribution is -0.140. The van der Waals surface area contributed by atoms with Gasteiger partial charge in [-0.25, -0.2) is 0 Å². The zero-order chi connectivity index (χ0) is 21.1. The molecule has 1 saturated heterocycles. The number of carbonyl (C=O) groups is 3. The van der Waals surface area contributed by atoms with Crippen molar-refractivity contribution in [3.63, 3.8) is 0 Å². The Bertz CT molecular complexity index is 973. The fourth-order valence-electron chi connectivity index (χ4n) is 3.47. The number of aliphatic hydroxyl groups excluding tert-OH is 1. The number of carboxylic acids is 1. The third-order valence-corrected chi connectivity index (χ3v) is 5.05. The number of carboxylic acid groups (broad SMARTS) is 1. The van der Waals surface area contributed by atoms with Crippen molar-refractivity contribution in [1.29, 1.82) is 0 Å². The number of ketones is 1. The molecule has 29 heavy (non-hydrogen) atoms. The lowest BCUT2D eigenvalue weighted by atomic mass is 9.94. The summed E-state index contributed by atoms with van der Waals surface area (Å²) in [6, 6.07) is 13.7. The van der Waals surface area contributed by atoms with E-state index in [2.05, 4.69) is 0 Å². The monoisotopic (exact) mass is 393 g/mol. The number of nitrogens with zero attached hydrogens (tertiary/aromatic N) is 1. The number of amides is 1. The van der Waals surface area contributed by atoms with E-state index in [1.165, 1.54) is 4.90 Å². The van der Waals surface area contributed by atoms with Crippen molar-refractivity contribution < 1.29 is 24.6 Å². The van der Waals surface area contributed by atoms with Gasteiger partial charge in [0.15, 0.2) is 0 Å². The van der Waals surface area contributed by atoms with Crippen LogP contribution in [0.25, 0.3) is 5.76 Å². The smallest absolute Gasteiger partial charge is 0.303 e. The standard InChI is InChI=1S/C23H23NO5/c1-14-5-9-16(10-6-14)20-19(21(27)17-11-7-15(2)8-12-17)22(28)23(29)24(20)13-3-4-18(25)26/h5-12,20,27H,3-4,13H2,1-2H3,(H,25,26)/b21-19+. The second-order valence-electron chi connectivity index (χ2n) is 7.27. The van der Waals surface area contributed by atoms with Gasteiger partial charge < -0.3 is 15.1 Å². The second-order valence-corrected chi connectivity index (χ2v) is 7.27. The number of hydrogen-bond donors (Lipinski definition) is 2. The molecule has 2 aromatic carbocycles. The van der Waals surface area contributed by atoms with Crippen molar-refractivity contribution in [2.75, 3.05) is 6.54 Å². The quantitative estimate of drug-likeness (QED) is 0.444. The minimum absolute atomic E-state index is 0.0260. The molecule has 1 heterocycles. The minimum atomic E-state index is -0.965. The van der Waals surface area contributed by atoms with E-state index < -0.39 is 23.7 Å². The van der Waals surface area contributed by atoms with Gasteiger partial charge in [-0.3, -0.25) is 14.4 Å². The first-order valence-corrected chi connectivity index (χ1v) is 9.43. The predicted molar refractivity (Wildman–Crippen MR) is 108 cm³/mol. The molecule has 150 valence electrons. The molecule has 6 heteroatoms. The zero-order valence-corrected chi connectivity index (χ0v) is 16.4. The molecule has 1 aliphatic rings.